The van der Waals surface area contributed by atoms with Gasteiger partial charge in [0.15, 0.2) is 6.10 Å². The number of ether oxygens (including phenoxy) is 3. The lowest BCUT2D eigenvalue weighted by Crippen LogP contribution is -2.30. The van der Waals surface area contributed by atoms with Gasteiger partial charge in [-0.15, -0.1) is 0 Å². The third kappa shape index (κ3) is 66.6. The van der Waals surface area contributed by atoms with Crippen molar-refractivity contribution in [2.45, 2.75) is 329 Å². The highest BCUT2D eigenvalue weighted by Gasteiger charge is 2.19. The third-order valence-corrected chi connectivity index (χ3v) is 14.7. The first-order valence-corrected chi connectivity index (χ1v) is 34.5. The second-order valence-corrected chi connectivity index (χ2v) is 22.7. The van der Waals surface area contributed by atoms with Crippen LogP contribution in [0.5, 0.6) is 0 Å². The number of carbonyl (C=O) groups is 3. The number of hydrogen-bond donors (Lipinski definition) is 0. The Morgan fingerprint density at radius 2 is 0.488 bits per heavy atom. The van der Waals surface area contributed by atoms with Gasteiger partial charge in [0.2, 0.25) is 0 Å². The first-order chi connectivity index (χ1) is 40.5. The normalized spacial score (nSPS) is 12.9. The Hall–Kier alpha value is -4.19. The Kier molecular flexibility index (Phi) is 65.8. The number of carbonyl (C=O) groups excluding carboxylic acids is 3. The molecule has 0 saturated heterocycles. The zero-order chi connectivity index (χ0) is 59.2. The van der Waals surface area contributed by atoms with Gasteiger partial charge >= 0.3 is 17.9 Å². The van der Waals surface area contributed by atoms with E-state index in [2.05, 4.69) is 142 Å². The van der Waals surface area contributed by atoms with E-state index < -0.39 is 6.10 Å². The van der Waals surface area contributed by atoms with Crippen molar-refractivity contribution in [1.29, 1.82) is 0 Å². The molecule has 0 aliphatic rings. The standard InChI is InChI=1S/C76H128O6/c1-4-7-10-13-16-19-21-23-25-27-29-31-33-34-35-36-37-38-39-40-41-42-44-45-47-49-51-53-55-57-60-63-66-69-75(78)81-72-73(71-80-74(77)68-65-62-59-18-15-12-9-6-3)82-76(79)70-67-64-61-58-56-54-52-50-48-46-43-32-30-28-26-24-22-20-17-14-11-8-5-2/h8,11,17,20-21,23-24,26-27,29-30,32-34,46,48,52,54,58,61,73H,4-7,9-10,12-16,18-19,22,25,28,31,35-45,47,49-51,53,55-57,59-60,62-72H2,1-3H3/b11-8-,20-17-,23-21-,26-24-,29-27-,32-30-,34-33-,48-46-,54-52-,61-58-. The van der Waals surface area contributed by atoms with Crippen LogP contribution in [-0.2, 0) is 28.6 Å². The zero-order valence-electron chi connectivity index (χ0n) is 53.7. The number of esters is 3. The molecule has 468 valence electrons. The van der Waals surface area contributed by atoms with Crippen molar-refractivity contribution in [2.75, 3.05) is 13.2 Å². The van der Waals surface area contributed by atoms with Crippen molar-refractivity contribution in [1.82, 2.24) is 0 Å². The van der Waals surface area contributed by atoms with Crippen LogP contribution in [0.1, 0.15) is 323 Å². The van der Waals surface area contributed by atoms with Gasteiger partial charge in [-0.3, -0.25) is 14.4 Å². The highest BCUT2D eigenvalue weighted by atomic mass is 16.6. The second kappa shape index (κ2) is 69.3. The van der Waals surface area contributed by atoms with Gasteiger partial charge in [0.1, 0.15) is 13.2 Å². The molecule has 6 heteroatoms. The predicted molar refractivity (Wildman–Crippen MR) is 357 cm³/mol. The molecule has 0 heterocycles. The van der Waals surface area contributed by atoms with Gasteiger partial charge in [0.25, 0.3) is 0 Å². The molecule has 0 aromatic carbocycles. The first kappa shape index (κ1) is 77.8. The summed E-state index contributed by atoms with van der Waals surface area (Å²) in [6, 6.07) is 0. The van der Waals surface area contributed by atoms with E-state index in [9.17, 15) is 14.4 Å². The molecule has 0 spiro atoms. The molecule has 0 saturated carbocycles. The van der Waals surface area contributed by atoms with E-state index in [-0.39, 0.29) is 37.5 Å². The monoisotopic (exact) mass is 1140 g/mol. The minimum atomic E-state index is -0.809. The van der Waals surface area contributed by atoms with Gasteiger partial charge < -0.3 is 14.2 Å². The van der Waals surface area contributed by atoms with Crippen LogP contribution in [0.2, 0.25) is 0 Å². The van der Waals surface area contributed by atoms with Gasteiger partial charge in [-0.05, 0) is 109 Å². The van der Waals surface area contributed by atoms with Crippen LogP contribution in [0, 0.1) is 0 Å². The number of rotatable bonds is 62. The topological polar surface area (TPSA) is 78.9 Å². The van der Waals surface area contributed by atoms with Crippen molar-refractivity contribution < 1.29 is 28.6 Å². The summed E-state index contributed by atoms with van der Waals surface area (Å²) in [6.45, 7) is 6.46. The molecule has 0 rings (SSSR count). The fraction of sp³-hybridized carbons (Fsp3) is 0.697. The van der Waals surface area contributed by atoms with Gasteiger partial charge in [0, 0.05) is 19.3 Å². The van der Waals surface area contributed by atoms with Crippen molar-refractivity contribution in [3.05, 3.63) is 122 Å². The molecule has 0 amide bonds. The van der Waals surface area contributed by atoms with Crippen LogP contribution in [0.25, 0.3) is 0 Å². The summed E-state index contributed by atoms with van der Waals surface area (Å²) in [5.74, 6) is -0.957. The molecule has 0 aromatic heterocycles. The second-order valence-electron chi connectivity index (χ2n) is 22.7. The molecule has 0 bridgehead atoms. The number of hydrogen-bond acceptors (Lipinski definition) is 6. The molecule has 0 aliphatic heterocycles. The predicted octanol–water partition coefficient (Wildman–Crippen LogP) is 23.9. The molecule has 1 unspecified atom stereocenters. The largest absolute Gasteiger partial charge is 0.462 e. The van der Waals surface area contributed by atoms with Crippen LogP contribution in [-0.4, -0.2) is 37.2 Å². The smallest absolute Gasteiger partial charge is 0.306 e. The lowest BCUT2D eigenvalue weighted by Gasteiger charge is -2.18. The summed E-state index contributed by atoms with van der Waals surface area (Å²) in [6.07, 6.45) is 96.8. The highest BCUT2D eigenvalue weighted by molar-refractivity contribution is 5.71. The zero-order valence-corrected chi connectivity index (χ0v) is 53.7. The maximum Gasteiger partial charge on any atom is 0.306 e. The molecular formula is C76H128O6. The van der Waals surface area contributed by atoms with E-state index in [1.54, 1.807) is 0 Å². The lowest BCUT2D eigenvalue weighted by molar-refractivity contribution is -0.167. The SMILES string of the molecule is CC/C=C\C/C=C\C/C=C\C/C=C\C/C=C\C/C=C\C/C=C\CCCC(=O)OC(COC(=O)CCCCCCCCCC)COC(=O)CCCCCCCCCCCCCCCCCCCC/C=C\C/C=C\C/C=C\CCCCCCC. The minimum Gasteiger partial charge on any atom is -0.462 e. The van der Waals surface area contributed by atoms with E-state index in [1.807, 2.05) is 0 Å². The summed E-state index contributed by atoms with van der Waals surface area (Å²) in [4.78, 5) is 38.2. The maximum atomic E-state index is 12.9. The van der Waals surface area contributed by atoms with Crippen LogP contribution < -0.4 is 0 Å². The molecule has 1 atom stereocenters. The summed E-state index contributed by atoms with van der Waals surface area (Å²) in [5.41, 5.74) is 0. The van der Waals surface area contributed by atoms with Crippen LogP contribution in [0.4, 0.5) is 0 Å². The third-order valence-electron chi connectivity index (χ3n) is 14.7. The minimum absolute atomic E-state index is 0.100. The van der Waals surface area contributed by atoms with Gasteiger partial charge in [-0.25, -0.2) is 0 Å². The van der Waals surface area contributed by atoms with Gasteiger partial charge in [-0.2, -0.15) is 0 Å². The van der Waals surface area contributed by atoms with Crippen LogP contribution in [0.3, 0.4) is 0 Å². The van der Waals surface area contributed by atoms with E-state index in [0.29, 0.717) is 19.3 Å². The highest BCUT2D eigenvalue weighted by Crippen LogP contribution is 2.17. The molecule has 0 aromatic rings. The van der Waals surface area contributed by atoms with Crippen LogP contribution >= 0.6 is 0 Å². The molecule has 0 aliphatic carbocycles. The lowest BCUT2D eigenvalue weighted by atomic mass is 10.0. The van der Waals surface area contributed by atoms with E-state index in [1.165, 1.54) is 173 Å². The van der Waals surface area contributed by atoms with Gasteiger partial charge in [0.05, 0.1) is 0 Å². The Balaban J connectivity index is 4.16. The number of unbranched alkanes of at least 4 members (excludes halogenated alkanes) is 31. The molecule has 6 nitrogen and oxygen atoms in total. The molecule has 0 fully saturated rings. The summed E-state index contributed by atoms with van der Waals surface area (Å²) < 4.78 is 16.8. The summed E-state index contributed by atoms with van der Waals surface area (Å²) in [7, 11) is 0. The van der Waals surface area contributed by atoms with Gasteiger partial charge in [-0.1, -0.05) is 316 Å². The van der Waals surface area contributed by atoms with Crippen molar-refractivity contribution in [2.24, 2.45) is 0 Å². The van der Waals surface area contributed by atoms with Crippen LogP contribution in [0.15, 0.2) is 122 Å². The van der Waals surface area contributed by atoms with E-state index in [0.717, 1.165) is 103 Å². The Bertz CT molecular complexity index is 1690. The Labute approximate surface area is 507 Å². The first-order valence-electron chi connectivity index (χ1n) is 34.5. The summed E-state index contributed by atoms with van der Waals surface area (Å²) >= 11 is 0. The Morgan fingerprint density at radius 1 is 0.256 bits per heavy atom. The fourth-order valence-electron chi connectivity index (χ4n) is 9.56. The molecule has 82 heavy (non-hydrogen) atoms. The fourth-order valence-corrected chi connectivity index (χ4v) is 9.56. The van der Waals surface area contributed by atoms with E-state index in [4.69, 9.17) is 14.2 Å². The summed E-state index contributed by atoms with van der Waals surface area (Å²) in [5, 5.41) is 0. The number of allylic oxidation sites excluding steroid dienone is 20. The van der Waals surface area contributed by atoms with Crippen molar-refractivity contribution >= 4 is 17.9 Å². The quantitative estimate of drug-likeness (QED) is 0.0261. The Morgan fingerprint density at radius 3 is 0.780 bits per heavy atom. The van der Waals surface area contributed by atoms with Crippen molar-refractivity contribution in [3.63, 3.8) is 0 Å². The molecule has 0 N–H and O–H groups in total. The average molecular weight is 1140 g/mol. The average Bonchev–Trinajstić information content (AvgIpc) is 3.47. The molecular weight excluding hydrogens is 1010 g/mol. The maximum absolute atomic E-state index is 12.9. The molecule has 0 radical (unpaired) electrons. The van der Waals surface area contributed by atoms with E-state index >= 15 is 0 Å². The van der Waals surface area contributed by atoms with Crippen molar-refractivity contribution in [3.8, 4) is 0 Å².